The molecule has 0 radical (unpaired) electrons. The van der Waals surface area contributed by atoms with Crippen molar-refractivity contribution in [1.29, 1.82) is 0 Å². The number of hydrogen-bond acceptors (Lipinski definition) is 3. The van der Waals surface area contributed by atoms with Crippen LogP contribution in [0.2, 0.25) is 0 Å². The Hall–Kier alpha value is -1.82. The summed E-state index contributed by atoms with van der Waals surface area (Å²) in [6, 6.07) is 7.31. The quantitative estimate of drug-likeness (QED) is 0.782. The van der Waals surface area contributed by atoms with Crippen LogP contribution >= 0.6 is 15.9 Å². The van der Waals surface area contributed by atoms with Gasteiger partial charge in [-0.15, -0.1) is 0 Å². The summed E-state index contributed by atoms with van der Waals surface area (Å²) >= 11 is 3.37. The molecule has 0 aliphatic heterocycles. The van der Waals surface area contributed by atoms with Crippen molar-refractivity contribution in [3.05, 3.63) is 40.5 Å². The van der Waals surface area contributed by atoms with Crippen LogP contribution in [0.15, 0.2) is 34.9 Å². The first-order valence-electron chi connectivity index (χ1n) is 6.24. The molecule has 0 atom stereocenters. The third kappa shape index (κ3) is 6.94. The van der Waals surface area contributed by atoms with Gasteiger partial charge in [-0.05, 0) is 30.7 Å². The van der Waals surface area contributed by atoms with E-state index in [0.29, 0.717) is 6.61 Å². The van der Waals surface area contributed by atoms with Crippen LogP contribution in [0.5, 0.6) is 0 Å². The van der Waals surface area contributed by atoms with Crippen LogP contribution in [0.3, 0.4) is 0 Å². The fraction of sp³-hybridized carbons (Fsp3) is 0.286. The van der Waals surface area contributed by atoms with Gasteiger partial charge >= 0.3 is 12.0 Å². The summed E-state index contributed by atoms with van der Waals surface area (Å²) in [7, 11) is 0. The maximum Gasteiger partial charge on any atom is 0.318 e. The second-order valence-electron chi connectivity index (χ2n) is 3.84. The lowest BCUT2D eigenvalue weighted by Gasteiger charge is -2.04. The van der Waals surface area contributed by atoms with Gasteiger partial charge in [0, 0.05) is 17.2 Å². The molecule has 0 saturated carbocycles. The Morgan fingerprint density at radius 2 is 2.20 bits per heavy atom. The molecule has 0 heterocycles. The zero-order chi connectivity index (χ0) is 14.8. The summed E-state index contributed by atoms with van der Waals surface area (Å²) < 4.78 is 5.72. The summed E-state index contributed by atoms with van der Waals surface area (Å²) in [5.74, 6) is -0.322. The minimum atomic E-state index is -0.361. The van der Waals surface area contributed by atoms with E-state index in [2.05, 4.69) is 26.6 Å². The van der Waals surface area contributed by atoms with E-state index in [0.717, 1.165) is 10.0 Å². The third-order valence-electron chi connectivity index (χ3n) is 2.26. The fourth-order valence-electron chi connectivity index (χ4n) is 1.39. The molecular weight excluding hydrogens is 324 g/mol. The second-order valence-corrected chi connectivity index (χ2v) is 4.76. The highest BCUT2D eigenvalue weighted by Gasteiger charge is 2.02. The minimum absolute atomic E-state index is 0.163. The topological polar surface area (TPSA) is 67.4 Å². The van der Waals surface area contributed by atoms with Crippen LogP contribution in [0.1, 0.15) is 18.9 Å². The zero-order valence-electron chi connectivity index (χ0n) is 11.2. The van der Waals surface area contributed by atoms with E-state index in [1.165, 1.54) is 0 Å². The molecule has 1 rings (SSSR count). The zero-order valence-corrected chi connectivity index (χ0v) is 12.8. The second kappa shape index (κ2) is 9.14. The maximum absolute atomic E-state index is 11.4. The van der Waals surface area contributed by atoms with Crippen LogP contribution in [-0.4, -0.2) is 25.2 Å². The maximum atomic E-state index is 11.4. The van der Waals surface area contributed by atoms with E-state index in [-0.39, 0.29) is 25.0 Å². The van der Waals surface area contributed by atoms with E-state index in [1.54, 1.807) is 19.2 Å². The number of carbonyl (C=O) groups excluding carboxylic acids is 2. The number of halogens is 1. The molecule has 1 aromatic carbocycles. The predicted molar refractivity (Wildman–Crippen MR) is 81.0 cm³/mol. The van der Waals surface area contributed by atoms with E-state index < -0.39 is 0 Å². The summed E-state index contributed by atoms with van der Waals surface area (Å²) in [5.41, 5.74) is 0.964. The first-order chi connectivity index (χ1) is 9.61. The SMILES string of the molecule is CCOC(=O)CCNC(=O)N/C=C/c1cccc(Br)c1. The molecule has 0 aromatic heterocycles. The molecular formula is C14H17BrN2O3. The summed E-state index contributed by atoms with van der Waals surface area (Å²) in [6.07, 6.45) is 3.48. The van der Waals surface area contributed by atoms with Crippen LogP contribution < -0.4 is 10.6 Å². The molecule has 20 heavy (non-hydrogen) atoms. The Labute approximate surface area is 126 Å². The van der Waals surface area contributed by atoms with Crippen molar-refractivity contribution in [2.75, 3.05) is 13.2 Å². The third-order valence-corrected chi connectivity index (χ3v) is 2.75. The number of urea groups is 1. The number of carbonyl (C=O) groups is 2. The van der Waals surface area contributed by atoms with Crippen molar-refractivity contribution in [2.24, 2.45) is 0 Å². The molecule has 0 spiro atoms. The van der Waals surface area contributed by atoms with Crippen molar-refractivity contribution in [1.82, 2.24) is 10.6 Å². The molecule has 0 saturated heterocycles. The van der Waals surface area contributed by atoms with Crippen LogP contribution in [0.4, 0.5) is 4.79 Å². The van der Waals surface area contributed by atoms with Crippen LogP contribution in [0.25, 0.3) is 6.08 Å². The number of amides is 2. The van der Waals surface area contributed by atoms with E-state index >= 15 is 0 Å². The lowest BCUT2D eigenvalue weighted by atomic mass is 10.2. The van der Waals surface area contributed by atoms with Crippen molar-refractivity contribution in [3.63, 3.8) is 0 Å². The van der Waals surface area contributed by atoms with E-state index in [9.17, 15) is 9.59 Å². The summed E-state index contributed by atoms with van der Waals surface area (Å²) in [6.45, 7) is 2.33. The molecule has 0 aliphatic carbocycles. The van der Waals surface area contributed by atoms with Gasteiger partial charge in [0.1, 0.15) is 0 Å². The minimum Gasteiger partial charge on any atom is -0.466 e. The highest BCUT2D eigenvalue weighted by atomic mass is 79.9. The Morgan fingerprint density at radius 1 is 1.40 bits per heavy atom. The van der Waals surface area contributed by atoms with Gasteiger partial charge in [-0.2, -0.15) is 0 Å². The fourth-order valence-corrected chi connectivity index (χ4v) is 1.80. The average Bonchev–Trinajstić information content (AvgIpc) is 2.39. The number of hydrogen-bond donors (Lipinski definition) is 2. The van der Waals surface area contributed by atoms with Crippen molar-refractivity contribution >= 4 is 34.0 Å². The molecule has 108 valence electrons. The normalized spacial score (nSPS) is 10.3. The van der Waals surface area contributed by atoms with Gasteiger partial charge in [-0.25, -0.2) is 4.79 Å². The Kier molecular flexibility index (Phi) is 7.42. The van der Waals surface area contributed by atoms with Gasteiger partial charge in [-0.1, -0.05) is 28.1 Å². The monoisotopic (exact) mass is 340 g/mol. The number of benzene rings is 1. The number of nitrogens with one attached hydrogen (secondary N) is 2. The Balaban J connectivity index is 2.24. The van der Waals surface area contributed by atoms with Crippen molar-refractivity contribution in [3.8, 4) is 0 Å². The lowest BCUT2D eigenvalue weighted by Crippen LogP contribution is -2.33. The molecule has 0 unspecified atom stereocenters. The van der Waals surface area contributed by atoms with Gasteiger partial charge in [0.2, 0.25) is 0 Å². The average molecular weight is 341 g/mol. The molecule has 0 fully saturated rings. The Bertz CT molecular complexity index is 489. The smallest absolute Gasteiger partial charge is 0.318 e. The highest BCUT2D eigenvalue weighted by molar-refractivity contribution is 9.10. The molecule has 1 aromatic rings. The standard InChI is InChI=1S/C14H17BrN2O3/c1-2-20-13(18)7-9-17-14(19)16-8-6-11-4-3-5-12(15)10-11/h3-6,8,10H,2,7,9H2,1H3,(H2,16,17,19)/b8-6+. The van der Waals surface area contributed by atoms with E-state index in [1.807, 2.05) is 24.3 Å². The molecule has 2 N–H and O–H groups in total. The largest absolute Gasteiger partial charge is 0.466 e. The van der Waals surface area contributed by atoms with Gasteiger partial charge in [0.15, 0.2) is 0 Å². The van der Waals surface area contributed by atoms with Gasteiger partial charge < -0.3 is 15.4 Å². The molecule has 5 nitrogen and oxygen atoms in total. The van der Waals surface area contributed by atoms with Gasteiger partial charge in [0.25, 0.3) is 0 Å². The molecule has 2 amide bonds. The molecule has 6 heteroatoms. The van der Waals surface area contributed by atoms with E-state index in [4.69, 9.17) is 4.74 Å². The van der Waals surface area contributed by atoms with Gasteiger partial charge in [-0.3, -0.25) is 4.79 Å². The summed E-state index contributed by atoms with van der Waals surface area (Å²) in [5, 5.41) is 5.12. The molecule has 0 aliphatic rings. The van der Waals surface area contributed by atoms with Crippen molar-refractivity contribution < 1.29 is 14.3 Å². The first-order valence-corrected chi connectivity index (χ1v) is 7.03. The highest BCUT2D eigenvalue weighted by Crippen LogP contribution is 2.12. The lowest BCUT2D eigenvalue weighted by molar-refractivity contribution is -0.142. The first kappa shape index (κ1) is 16.2. The summed E-state index contributed by atoms with van der Waals surface area (Å²) in [4.78, 5) is 22.4. The van der Waals surface area contributed by atoms with Crippen LogP contribution in [0, 0.1) is 0 Å². The van der Waals surface area contributed by atoms with Gasteiger partial charge in [0.05, 0.1) is 13.0 Å². The Morgan fingerprint density at radius 3 is 2.90 bits per heavy atom. The number of esters is 1. The molecule has 0 bridgehead atoms. The van der Waals surface area contributed by atoms with Crippen molar-refractivity contribution in [2.45, 2.75) is 13.3 Å². The van der Waals surface area contributed by atoms with Crippen LogP contribution in [-0.2, 0) is 9.53 Å². The number of rotatable bonds is 6. The predicted octanol–water partition coefficient (Wildman–Crippen LogP) is 2.67. The number of ether oxygens (including phenoxy) is 1.